The van der Waals surface area contributed by atoms with Crippen LogP contribution >= 0.6 is 11.3 Å². The summed E-state index contributed by atoms with van der Waals surface area (Å²) in [5.41, 5.74) is 1.88. The maximum atomic E-state index is 12.9. The van der Waals surface area contributed by atoms with Crippen LogP contribution in [0.4, 0.5) is 9.52 Å². The average molecular weight is 386 g/mol. The minimum Gasteiger partial charge on any atom is -0.504 e. The Hall–Kier alpha value is -2.93. The SMILES string of the molecule is COc1cc(Cc2cnc(NC(=O)CCc3ccc(F)cc3)s2)ccc1O. The Labute approximate surface area is 160 Å². The number of halogens is 1. The highest BCUT2D eigenvalue weighted by molar-refractivity contribution is 7.15. The highest BCUT2D eigenvalue weighted by Crippen LogP contribution is 2.28. The van der Waals surface area contributed by atoms with Crippen LogP contribution in [0.5, 0.6) is 11.5 Å². The minimum atomic E-state index is -0.287. The molecule has 0 saturated carbocycles. The molecule has 2 N–H and O–H groups in total. The number of aromatic nitrogens is 1. The number of hydrogen-bond donors (Lipinski definition) is 2. The van der Waals surface area contributed by atoms with Gasteiger partial charge in [0, 0.05) is 23.9 Å². The predicted molar refractivity (Wildman–Crippen MR) is 103 cm³/mol. The van der Waals surface area contributed by atoms with Gasteiger partial charge in [-0.3, -0.25) is 4.79 Å². The number of aryl methyl sites for hydroxylation is 1. The number of methoxy groups -OCH3 is 1. The summed E-state index contributed by atoms with van der Waals surface area (Å²) in [5.74, 6) is 0.0993. The number of amides is 1. The first-order valence-electron chi connectivity index (χ1n) is 8.38. The number of phenols is 1. The van der Waals surface area contributed by atoms with Crippen molar-refractivity contribution in [2.24, 2.45) is 0 Å². The summed E-state index contributed by atoms with van der Waals surface area (Å²) in [6, 6.07) is 11.3. The Morgan fingerprint density at radius 1 is 1.22 bits per heavy atom. The number of aromatic hydroxyl groups is 1. The van der Waals surface area contributed by atoms with Crippen LogP contribution < -0.4 is 10.1 Å². The molecule has 0 aliphatic rings. The highest BCUT2D eigenvalue weighted by atomic mass is 32.1. The Balaban J connectivity index is 1.54. The molecule has 140 valence electrons. The van der Waals surface area contributed by atoms with Crippen molar-refractivity contribution in [1.29, 1.82) is 0 Å². The number of benzene rings is 2. The molecule has 1 amide bonds. The lowest BCUT2D eigenvalue weighted by molar-refractivity contribution is -0.116. The van der Waals surface area contributed by atoms with E-state index >= 15 is 0 Å². The van der Waals surface area contributed by atoms with Crippen LogP contribution in [0.3, 0.4) is 0 Å². The summed E-state index contributed by atoms with van der Waals surface area (Å²) >= 11 is 1.40. The van der Waals surface area contributed by atoms with Gasteiger partial charge in [0.1, 0.15) is 5.82 Å². The average Bonchev–Trinajstić information content (AvgIpc) is 3.09. The zero-order valence-electron chi connectivity index (χ0n) is 14.7. The molecule has 2 aromatic carbocycles. The van der Waals surface area contributed by atoms with E-state index < -0.39 is 0 Å². The van der Waals surface area contributed by atoms with E-state index in [1.54, 1.807) is 30.5 Å². The molecule has 0 aliphatic heterocycles. The van der Waals surface area contributed by atoms with Gasteiger partial charge in [-0.05, 0) is 41.8 Å². The number of anilines is 1. The van der Waals surface area contributed by atoms with Crippen LogP contribution in [0, 0.1) is 5.82 Å². The molecule has 0 unspecified atom stereocenters. The summed E-state index contributed by atoms with van der Waals surface area (Å²) in [4.78, 5) is 17.3. The molecule has 3 aromatic rings. The van der Waals surface area contributed by atoms with Crippen molar-refractivity contribution < 1.29 is 19.0 Å². The molecule has 0 atom stereocenters. The molecule has 5 nitrogen and oxygen atoms in total. The van der Waals surface area contributed by atoms with Gasteiger partial charge in [0.05, 0.1) is 7.11 Å². The van der Waals surface area contributed by atoms with Crippen molar-refractivity contribution >= 4 is 22.4 Å². The first-order chi connectivity index (χ1) is 13.0. The molecular weight excluding hydrogens is 367 g/mol. The Morgan fingerprint density at radius 3 is 2.70 bits per heavy atom. The maximum Gasteiger partial charge on any atom is 0.226 e. The smallest absolute Gasteiger partial charge is 0.226 e. The molecule has 0 bridgehead atoms. The van der Waals surface area contributed by atoms with Gasteiger partial charge >= 0.3 is 0 Å². The summed E-state index contributed by atoms with van der Waals surface area (Å²) in [5, 5.41) is 13.0. The van der Waals surface area contributed by atoms with E-state index in [1.807, 2.05) is 6.07 Å². The Kier molecular flexibility index (Phi) is 6.03. The summed E-state index contributed by atoms with van der Waals surface area (Å²) in [6.07, 6.45) is 3.19. The van der Waals surface area contributed by atoms with Crippen LogP contribution in [0.1, 0.15) is 22.4 Å². The molecule has 1 aromatic heterocycles. The van der Waals surface area contributed by atoms with Gasteiger partial charge < -0.3 is 15.2 Å². The third-order valence-corrected chi connectivity index (χ3v) is 4.89. The number of nitrogens with zero attached hydrogens (tertiary/aromatic N) is 1. The number of phenolic OH excluding ortho intramolecular Hbond substituents is 1. The molecule has 0 spiro atoms. The number of carbonyl (C=O) groups is 1. The number of ether oxygens (including phenoxy) is 1. The predicted octanol–water partition coefficient (Wildman–Crippen LogP) is 4.16. The lowest BCUT2D eigenvalue weighted by Crippen LogP contribution is -2.11. The van der Waals surface area contributed by atoms with Gasteiger partial charge in [-0.15, -0.1) is 11.3 Å². The third-order valence-electron chi connectivity index (χ3n) is 3.98. The molecule has 0 saturated heterocycles. The van der Waals surface area contributed by atoms with Gasteiger partial charge in [-0.25, -0.2) is 9.37 Å². The van der Waals surface area contributed by atoms with Crippen molar-refractivity contribution in [3.8, 4) is 11.5 Å². The largest absolute Gasteiger partial charge is 0.504 e. The maximum absolute atomic E-state index is 12.9. The van der Waals surface area contributed by atoms with Gasteiger partial charge in [-0.1, -0.05) is 18.2 Å². The number of rotatable bonds is 7. The third kappa shape index (κ3) is 5.27. The fourth-order valence-electron chi connectivity index (χ4n) is 2.57. The second kappa shape index (κ2) is 8.64. The van der Waals surface area contributed by atoms with Crippen molar-refractivity contribution in [2.75, 3.05) is 12.4 Å². The van der Waals surface area contributed by atoms with Crippen LogP contribution in [0.15, 0.2) is 48.7 Å². The van der Waals surface area contributed by atoms with E-state index in [-0.39, 0.29) is 17.5 Å². The zero-order valence-corrected chi connectivity index (χ0v) is 15.6. The van der Waals surface area contributed by atoms with Gasteiger partial charge in [0.15, 0.2) is 16.6 Å². The first-order valence-corrected chi connectivity index (χ1v) is 9.20. The van der Waals surface area contributed by atoms with E-state index in [0.29, 0.717) is 30.1 Å². The van der Waals surface area contributed by atoms with Crippen LogP contribution in [0.25, 0.3) is 0 Å². The van der Waals surface area contributed by atoms with E-state index in [1.165, 1.54) is 30.6 Å². The van der Waals surface area contributed by atoms with Gasteiger partial charge in [0.25, 0.3) is 0 Å². The fourth-order valence-corrected chi connectivity index (χ4v) is 3.43. The van der Waals surface area contributed by atoms with Crippen molar-refractivity contribution in [2.45, 2.75) is 19.3 Å². The summed E-state index contributed by atoms with van der Waals surface area (Å²) in [7, 11) is 1.51. The molecule has 7 heteroatoms. The summed E-state index contributed by atoms with van der Waals surface area (Å²) in [6.45, 7) is 0. The molecule has 0 radical (unpaired) electrons. The van der Waals surface area contributed by atoms with Crippen LogP contribution in [0.2, 0.25) is 0 Å². The topological polar surface area (TPSA) is 71.5 Å². The number of carbonyl (C=O) groups excluding carboxylic acids is 1. The van der Waals surface area contributed by atoms with E-state index in [0.717, 1.165) is 16.0 Å². The minimum absolute atomic E-state index is 0.0969. The zero-order chi connectivity index (χ0) is 19.2. The lowest BCUT2D eigenvalue weighted by atomic mass is 10.1. The van der Waals surface area contributed by atoms with E-state index in [9.17, 15) is 14.3 Å². The lowest BCUT2D eigenvalue weighted by Gasteiger charge is -2.05. The normalized spacial score (nSPS) is 10.6. The van der Waals surface area contributed by atoms with Gasteiger partial charge in [-0.2, -0.15) is 0 Å². The molecule has 0 fully saturated rings. The molecular formula is C20H19FN2O3S. The second-order valence-electron chi connectivity index (χ2n) is 5.99. The highest BCUT2D eigenvalue weighted by Gasteiger charge is 2.09. The second-order valence-corrected chi connectivity index (χ2v) is 7.10. The quantitative estimate of drug-likeness (QED) is 0.640. The van der Waals surface area contributed by atoms with Crippen LogP contribution in [-0.4, -0.2) is 23.1 Å². The van der Waals surface area contributed by atoms with Gasteiger partial charge in [0.2, 0.25) is 5.91 Å². The molecule has 1 heterocycles. The molecule has 0 aliphatic carbocycles. The molecule has 3 rings (SSSR count). The monoisotopic (exact) mass is 386 g/mol. The first kappa shape index (κ1) is 18.8. The Bertz CT molecular complexity index is 925. The van der Waals surface area contributed by atoms with Crippen molar-refractivity contribution in [3.05, 3.63) is 70.5 Å². The molecule has 27 heavy (non-hydrogen) atoms. The summed E-state index contributed by atoms with van der Waals surface area (Å²) < 4.78 is 18.0. The van der Waals surface area contributed by atoms with Crippen molar-refractivity contribution in [3.63, 3.8) is 0 Å². The number of hydrogen-bond acceptors (Lipinski definition) is 5. The van der Waals surface area contributed by atoms with Crippen molar-refractivity contribution in [1.82, 2.24) is 4.98 Å². The van der Waals surface area contributed by atoms with E-state index in [4.69, 9.17) is 4.74 Å². The fraction of sp³-hybridized carbons (Fsp3) is 0.200. The standard InChI is InChI=1S/C20H19FN2O3S/c1-26-18-11-14(4-8-17(18)24)10-16-12-22-20(27-16)23-19(25)9-5-13-2-6-15(21)7-3-13/h2-4,6-8,11-12,24H,5,9-10H2,1H3,(H,22,23,25). The number of thiazole rings is 1. The van der Waals surface area contributed by atoms with E-state index in [2.05, 4.69) is 10.3 Å². The number of nitrogens with one attached hydrogen (secondary N) is 1. The van der Waals surface area contributed by atoms with Crippen LogP contribution in [-0.2, 0) is 17.6 Å². The Morgan fingerprint density at radius 2 is 1.96 bits per heavy atom.